The quantitative estimate of drug-likeness (QED) is 0.676. The van der Waals surface area contributed by atoms with Gasteiger partial charge in [0, 0.05) is 29.4 Å². The lowest BCUT2D eigenvalue weighted by Crippen LogP contribution is -2.25. The summed E-state index contributed by atoms with van der Waals surface area (Å²) in [5, 5.41) is 3.90. The van der Waals surface area contributed by atoms with Crippen LogP contribution < -0.4 is 5.32 Å². The van der Waals surface area contributed by atoms with E-state index in [1.807, 2.05) is 18.3 Å². The molecule has 1 saturated carbocycles. The lowest BCUT2D eigenvalue weighted by atomic mass is 10.1. The molecule has 0 saturated heterocycles. The highest BCUT2D eigenvalue weighted by Gasteiger charge is 2.24. The predicted molar refractivity (Wildman–Crippen MR) is 74.2 cm³/mol. The molecular weight excluding hydrogens is 254 g/mol. The van der Waals surface area contributed by atoms with Crippen molar-refractivity contribution in [1.29, 1.82) is 0 Å². The van der Waals surface area contributed by atoms with Crippen molar-refractivity contribution in [2.75, 3.05) is 0 Å². The van der Waals surface area contributed by atoms with E-state index in [1.165, 1.54) is 6.33 Å². The van der Waals surface area contributed by atoms with Gasteiger partial charge in [0.05, 0.1) is 5.69 Å². The highest BCUT2D eigenvalue weighted by molar-refractivity contribution is 5.96. The normalized spacial score (nSPS) is 14.6. The summed E-state index contributed by atoms with van der Waals surface area (Å²) in [5.74, 6) is -0.0573. The third kappa shape index (κ3) is 1.85. The number of carbonyl (C=O) groups excluding carboxylic acids is 1. The van der Waals surface area contributed by atoms with Crippen LogP contribution in [0.2, 0.25) is 0 Å². The van der Waals surface area contributed by atoms with E-state index in [1.54, 1.807) is 6.20 Å². The lowest BCUT2D eigenvalue weighted by molar-refractivity contribution is 0.0946. The zero-order valence-electron chi connectivity index (χ0n) is 10.7. The molecule has 4 rings (SSSR count). The Kier molecular flexibility index (Phi) is 2.35. The molecular formula is C14H13N5O. The molecule has 0 bridgehead atoms. The number of rotatable bonds is 3. The monoisotopic (exact) mass is 267 g/mol. The smallest absolute Gasteiger partial charge is 0.267 e. The Hall–Kier alpha value is -2.63. The van der Waals surface area contributed by atoms with Crippen LogP contribution in [0, 0.1) is 0 Å². The maximum atomic E-state index is 12.0. The number of fused-ring (bicyclic) bond motifs is 1. The molecule has 3 aromatic heterocycles. The Bertz CT molecular complexity index is 784. The first kappa shape index (κ1) is 11.2. The van der Waals surface area contributed by atoms with Gasteiger partial charge in [-0.2, -0.15) is 0 Å². The summed E-state index contributed by atoms with van der Waals surface area (Å²) in [6, 6.07) is 4.11. The maximum Gasteiger partial charge on any atom is 0.267 e. The van der Waals surface area contributed by atoms with Crippen LogP contribution in [0.15, 0.2) is 30.9 Å². The molecule has 0 aliphatic heterocycles. The van der Waals surface area contributed by atoms with Crippen molar-refractivity contribution in [3.8, 4) is 11.3 Å². The molecule has 3 aromatic rings. The first-order valence-electron chi connectivity index (χ1n) is 6.59. The molecule has 100 valence electrons. The molecule has 1 aliphatic rings. The van der Waals surface area contributed by atoms with Crippen LogP contribution in [-0.2, 0) is 0 Å². The van der Waals surface area contributed by atoms with Gasteiger partial charge < -0.3 is 15.3 Å². The summed E-state index contributed by atoms with van der Waals surface area (Å²) >= 11 is 0. The fourth-order valence-corrected chi connectivity index (χ4v) is 2.26. The van der Waals surface area contributed by atoms with Gasteiger partial charge in [-0.1, -0.05) is 0 Å². The van der Waals surface area contributed by atoms with E-state index in [0.717, 1.165) is 35.1 Å². The molecule has 6 heteroatoms. The fraction of sp³-hybridized carbons (Fsp3) is 0.214. The van der Waals surface area contributed by atoms with Crippen LogP contribution in [0.3, 0.4) is 0 Å². The molecule has 0 unspecified atom stereocenters. The van der Waals surface area contributed by atoms with Crippen LogP contribution in [-0.4, -0.2) is 31.9 Å². The largest absolute Gasteiger partial charge is 0.357 e. The number of carbonyl (C=O) groups is 1. The van der Waals surface area contributed by atoms with Gasteiger partial charge in [-0.25, -0.2) is 9.97 Å². The summed E-state index contributed by atoms with van der Waals surface area (Å²) in [6.07, 6.45) is 7.31. The first-order valence-corrected chi connectivity index (χ1v) is 6.59. The second kappa shape index (κ2) is 4.19. The second-order valence-electron chi connectivity index (χ2n) is 5.01. The fourth-order valence-electron chi connectivity index (χ4n) is 2.26. The van der Waals surface area contributed by atoms with E-state index >= 15 is 0 Å². The highest BCUT2D eigenvalue weighted by Crippen LogP contribution is 2.25. The average molecular weight is 267 g/mol. The molecule has 0 spiro atoms. The van der Waals surface area contributed by atoms with Crippen molar-refractivity contribution in [2.45, 2.75) is 18.9 Å². The number of H-pyrrole nitrogens is 2. The molecule has 3 heterocycles. The number of amides is 1. The van der Waals surface area contributed by atoms with Gasteiger partial charge in [0.2, 0.25) is 0 Å². The van der Waals surface area contributed by atoms with E-state index in [2.05, 4.69) is 25.3 Å². The summed E-state index contributed by atoms with van der Waals surface area (Å²) < 4.78 is 0. The average Bonchev–Trinajstić information content (AvgIpc) is 2.97. The Morgan fingerprint density at radius 3 is 3.05 bits per heavy atom. The Labute approximate surface area is 114 Å². The van der Waals surface area contributed by atoms with Crippen LogP contribution in [0.25, 0.3) is 22.3 Å². The molecule has 1 aliphatic carbocycles. The van der Waals surface area contributed by atoms with E-state index in [-0.39, 0.29) is 5.91 Å². The van der Waals surface area contributed by atoms with E-state index in [9.17, 15) is 4.79 Å². The van der Waals surface area contributed by atoms with Crippen molar-refractivity contribution >= 4 is 16.9 Å². The molecule has 20 heavy (non-hydrogen) atoms. The van der Waals surface area contributed by atoms with Gasteiger partial charge in [0.1, 0.15) is 17.7 Å². The summed E-state index contributed by atoms with van der Waals surface area (Å²) in [4.78, 5) is 26.5. The molecule has 1 amide bonds. The Balaban J connectivity index is 1.70. The third-order valence-corrected chi connectivity index (χ3v) is 3.47. The zero-order chi connectivity index (χ0) is 13.5. The van der Waals surface area contributed by atoms with Crippen LogP contribution in [0.5, 0.6) is 0 Å². The van der Waals surface area contributed by atoms with Gasteiger partial charge in [-0.15, -0.1) is 0 Å². The minimum Gasteiger partial charge on any atom is -0.357 e. The standard InChI is InChI=1S/C14H13N5O/c20-14(19-9-1-2-9)11-5-8(6-16-11)12-10-3-4-15-13(10)18-7-17-12/h3-7,9,16H,1-2H2,(H,19,20)(H,15,17,18). The van der Waals surface area contributed by atoms with Gasteiger partial charge in [-0.05, 0) is 25.0 Å². The van der Waals surface area contributed by atoms with E-state index < -0.39 is 0 Å². The zero-order valence-corrected chi connectivity index (χ0v) is 10.7. The third-order valence-electron chi connectivity index (χ3n) is 3.47. The number of hydrogen-bond acceptors (Lipinski definition) is 3. The van der Waals surface area contributed by atoms with Crippen molar-refractivity contribution in [3.63, 3.8) is 0 Å². The van der Waals surface area contributed by atoms with Gasteiger partial charge >= 0.3 is 0 Å². The number of nitrogens with zero attached hydrogens (tertiary/aromatic N) is 2. The molecule has 6 nitrogen and oxygen atoms in total. The Morgan fingerprint density at radius 1 is 1.30 bits per heavy atom. The SMILES string of the molecule is O=C(NC1CC1)c1cc(-c2ncnc3[nH]ccc23)c[nH]1. The van der Waals surface area contributed by atoms with Crippen molar-refractivity contribution < 1.29 is 4.79 Å². The topological polar surface area (TPSA) is 86.5 Å². The first-order chi connectivity index (χ1) is 9.81. The number of aromatic nitrogens is 4. The lowest BCUT2D eigenvalue weighted by Gasteiger charge is -1.99. The number of nitrogens with one attached hydrogen (secondary N) is 3. The van der Waals surface area contributed by atoms with Crippen LogP contribution in [0.4, 0.5) is 0 Å². The maximum absolute atomic E-state index is 12.0. The molecule has 0 atom stereocenters. The molecule has 0 aromatic carbocycles. The second-order valence-corrected chi connectivity index (χ2v) is 5.01. The van der Waals surface area contributed by atoms with E-state index in [0.29, 0.717) is 11.7 Å². The summed E-state index contributed by atoms with van der Waals surface area (Å²) in [7, 11) is 0. The predicted octanol–water partition coefficient (Wildman–Crippen LogP) is 1.85. The van der Waals surface area contributed by atoms with Gasteiger partial charge in [0.25, 0.3) is 5.91 Å². The van der Waals surface area contributed by atoms with Crippen molar-refractivity contribution in [3.05, 3.63) is 36.5 Å². The van der Waals surface area contributed by atoms with Crippen LogP contribution >= 0.6 is 0 Å². The van der Waals surface area contributed by atoms with Gasteiger partial charge in [0.15, 0.2) is 0 Å². The molecule has 0 radical (unpaired) electrons. The van der Waals surface area contributed by atoms with Crippen molar-refractivity contribution in [2.24, 2.45) is 0 Å². The van der Waals surface area contributed by atoms with E-state index in [4.69, 9.17) is 0 Å². The summed E-state index contributed by atoms with van der Waals surface area (Å²) in [6.45, 7) is 0. The molecule has 1 fully saturated rings. The number of hydrogen-bond donors (Lipinski definition) is 3. The highest BCUT2D eigenvalue weighted by atomic mass is 16.2. The minimum absolute atomic E-state index is 0.0573. The molecule has 3 N–H and O–H groups in total. The Morgan fingerprint density at radius 2 is 2.20 bits per heavy atom. The summed E-state index contributed by atoms with van der Waals surface area (Å²) in [5.41, 5.74) is 3.06. The number of aromatic amines is 2. The van der Waals surface area contributed by atoms with Crippen LogP contribution in [0.1, 0.15) is 23.3 Å². The van der Waals surface area contributed by atoms with Crippen molar-refractivity contribution in [1.82, 2.24) is 25.3 Å². The minimum atomic E-state index is -0.0573. The van der Waals surface area contributed by atoms with Gasteiger partial charge in [-0.3, -0.25) is 4.79 Å².